The third-order valence-electron chi connectivity index (χ3n) is 4.02. The van der Waals surface area contributed by atoms with Crippen LogP contribution in [0.2, 0.25) is 0 Å². The summed E-state index contributed by atoms with van der Waals surface area (Å²) in [7, 11) is 0. The van der Waals surface area contributed by atoms with Crippen LogP contribution in [0.25, 0.3) is 5.57 Å². The molecule has 1 saturated carbocycles. The highest BCUT2D eigenvalue weighted by molar-refractivity contribution is 5.72. The molecular formula is C20H25F. The number of benzene rings is 1. The SMILES string of the molecule is C/C=C/C(=C\C(=C(/CC)c1cccc(F)c1)C1CC1)CC. The number of halogens is 1. The van der Waals surface area contributed by atoms with E-state index in [1.165, 1.54) is 35.6 Å². The first kappa shape index (κ1) is 15.8. The average Bonchev–Trinajstić information content (AvgIpc) is 3.30. The molecule has 21 heavy (non-hydrogen) atoms. The zero-order chi connectivity index (χ0) is 15.2. The normalized spacial score (nSPS) is 17.2. The Morgan fingerprint density at radius 1 is 1.24 bits per heavy atom. The van der Waals surface area contributed by atoms with E-state index in [0.717, 1.165) is 18.4 Å². The zero-order valence-corrected chi connectivity index (χ0v) is 13.3. The van der Waals surface area contributed by atoms with Crippen molar-refractivity contribution in [3.63, 3.8) is 0 Å². The summed E-state index contributed by atoms with van der Waals surface area (Å²) in [5.41, 5.74) is 5.10. The predicted octanol–water partition coefficient (Wildman–Crippen LogP) is 6.31. The second-order valence-electron chi connectivity index (χ2n) is 5.64. The molecule has 0 N–H and O–H groups in total. The van der Waals surface area contributed by atoms with Crippen LogP contribution in [0.15, 0.2) is 53.6 Å². The Labute approximate surface area is 128 Å². The molecule has 1 fully saturated rings. The number of hydrogen-bond donors (Lipinski definition) is 0. The van der Waals surface area contributed by atoms with Crippen LogP contribution in [0.1, 0.15) is 52.0 Å². The molecule has 0 aliphatic heterocycles. The Bertz CT molecular complexity index is 571. The van der Waals surface area contributed by atoms with Crippen molar-refractivity contribution in [2.75, 3.05) is 0 Å². The third kappa shape index (κ3) is 4.17. The number of allylic oxidation sites excluding steroid dienone is 6. The molecule has 0 amide bonds. The van der Waals surface area contributed by atoms with E-state index in [4.69, 9.17) is 0 Å². The smallest absolute Gasteiger partial charge is 0.123 e. The van der Waals surface area contributed by atoms with Gasteiger partial charge in [-0.3, -0.25) is 0 Å². The predicted molar refractivity (Wildman–Crippen MR) is 89.5 cm³/mol. The van der Waals surface area contributed by atoms with Gasteiger partial charge in [0.2, 0.25) is 0 Å². The lowest BCUT2D eigenvalue weighted by Gasteiger charge is -2.13. The van der Waals surface area contributed by atoms with Gasteiger partial charge in [-0.15, -0.1) is 0 Å². The molecule has 1 heteroatoms. The first-order valence-electron chi connectivity index (χ1n) is 8.01. The molecule has 1 aromatic carbocycles. The van der Waals surface area contributed by atoms with E-state index in [-0.39, 0.29) is 5.82 Å². The van der Waals surface area contributed by atoms with E-state index < -0.39 is 0 Å². The average molecular weight is 284 g/mol. The molecule has 1 aliphatic rings. The van der Waals surface area contributed by atoms with Crippen molar-refractivity contribution in [2.45, 2.75) is 46.5 Å². The second kappa shape index (κ2) is 7.40. The quantitative estimate of drug-likeness (QED) is 0.537. The highest BCUT2D eigenvalue weighted by Gasteiger charge is 2.27. The molecule has 0 radical (unpaired) electrons. The van der Waals surface area contributed by atoms with Gasteiger partial charge in [0.25, 0.3) is 0 Å². The maximum Gasteiger partial charge on any atom is 0.123 e. The summed E-state index contributed by atoms with van der Waals surface area (Å²) in [6.45, 7) is 6.40. The standard InChI is InChI=1S/C20H25F/c1-4-8-15(5-2)13-20(16-11-12-16)19(6-3)17-9-7-10-18(21)14-17/h4,7-10,13-14,16H,5-6,11-12H2,1-3H3/b8-4+,15-13-,20-19-. The topological polar surface area (TPSA) is 0 Å². The van der Waals surface area contributed by atoms with E-state index in [1.807, 2.05) is 6.07 Å². The Morgan fingerprint density at radius 3 is 2.52 bits per heavy atom. The van der Waals surface area contributed by atoms with Crippen LogP contribution in [0.4, 0.5) is 4.39 Å². The van der Waals surface area contributed by atoms with Crippen LogP contribution in [0, 0.1) is 11.7 Å². The maximum absolute atomic E-state index is 13.5. The van der Waals surface area contributed by atoms with Crippen LogP contribution in [-0.4, -0.2) is 0 Å². The Hall–Kier alpha value is -1.63. The number of rotatable bonds is 6. The Kier molecular flexibility index (Phi) is 5.55. The molecule has 0 nitrogen and oxygen atoms in total. The molecule has 0 atom stereocenters. The minimum Gasteiger partial charge on any atom is -0.207 e. The summed E-state index contributed by atoms with van der Waals surface area (Å²) in [5.74, 6) is 0.511. The lowest BCUT2D eigenvalue weighted by atomic mass is 9.92. The van der Waals surface area contributed by atoms with Gasteiger partial charge in [-0.25, -0.2) is 4.39 Å². The van der Waals surface area contributed by atoms with Crippen molar-refractivity contribution in [1.82, 2.24) is 0 Å². The van der Waals surface area contributed by atoms with Crippen molar-refractivity contribution >= 4 is 5.57 Å². The lowest BCUT2D eigenvalue weighted by molar-refractivity contribution is 0.627. The van der Waals surface area contributed by atoms with Gasteiger partial charge in [-0.05, 0) is 72.9 Å². The molecule has 0 saturated heterocycles. The highest BCUT2D eigenvalue weighted by atomic mass is 19.1. The summed E-state index contributed by atoms with van der Waals surface area (Å²) in [4.78, 5) is 0. The van der Waals surface area contributed by atoms with Crippen LogP contribution in [0.3, 0.4) is 0 Å². The van der Waals surface area contributed by atoms with Gasteiger partial charge in [0.15, 0.2) is 0 Å². The molecule has 112 valence electrons. The molecular weight excluding hydrogens is 259 g/mol. The highest BCUT2D eigenvalue weighted by Crippen LogP contribution is 2.42. The van der Waals surface area contributed by atoms with Crippen molar-refractivity contribution in [2.24, 2.45) is 5.92 Å². The monoisotopic (exact) mass is 284 g/mol. The van der Waals surface area contributed by atoms with Gasteiger partial charge < -0.3 is 0 Å². The number of hydrogen-bond acceptors (Lipinski definition) is 0. The Morgan fingerprint density at radius 2 is 2.00 bits per heavy atom. The van der Waals surface area contributed by atoms with Gasteiger partial charge in [-0.1, -0.05) is 44.2 Å². The van der Waals surface area contributed by atoms with E-state index in [9.17, 15) is 4.39 Å². The molecule has 0 spiro atoms. The zero-order valence-electron chi connectivity index (χ0n) is 13.3. The van der Waals surface area contributed by atoms with Crippen LogP contribution >= 0.6 is 0 Å². The van der Waals surface area contributed by atoms with Gasteiger partial charge in [-0.2, -0.15) is 0 Å². The van der Waals surface area contributed by atoms with Crippen molar-refractivity contribution in [3.8, 4) is 0 Å². The molecule has 2 rings (SSSR count). The molecule has 0 bridgehead atoms. The first-order chi connectivity index (χ1) is 10.2. The lowest BCUT2D eigenvalue weighted by Crippen LogP contribution is -1.94. The van der Waals surface area contributed by atoms with E-state index >= 15 is 0 Å². The first-order valence-corrected chi connectivity index (χ1v) is 8.01. The van der Waals surface area contributed by atoms with Crippen LogP contribution in [0.5, 0.6) is 0 Å². The summed E-state index contributed by atoms with van der Waals surface area (Å²) in [5, 5.41) is 0. The fraction of sp³-hybridized carbons (Fsp3) is 0.400. The fourth-order valence-electron chi connectivity index (χ4n) is 2.78. The van der Waals surface area contributed by atoms with E-state index in [2.05, 4.69) is 39.0 Å². The van der Waals surface area contributed by atoms with E-state index in [1.54, 1.807) is 12.1 Å². The summed E-state index contributed by atoms with van der Waals surface area (Å²) < 4.78 is 13.5. The molecule has 1 aromatic rings. The third-order valence-corrected chi connectivity index (χ3v) is 4.02. The van der Waals surface area contributed by atoms with Crippen molar-refractivity contribution in [3.05, 3.63) is 65.0 Å². The second-order valence-corrected chi connectivity index (χ2v) is 5.64. The summed E-state index contributed by atoms with van der Waals surface area (Å²) >= 11 is 0. The van der Waals surface area contributed by atoms with Crippen molar-refractivity contribution in [1.29, 1.82) is 0 Å². The molecule has 1 aliphatic carbocycles. The van der Waals surface area contributed by atoms with Gasteiger partial charge in [0.1, 0.15) is 5.82 Å². The molecule has 0 unspecified atom stereocenters. The van der Waals surface area contributed by atoms with Crippen molar-refractivity contribution < 1.29 is 4.39 Å². The minimum atomic E-state index is -0.151. The molecule has 0 aromatic heterocycles. The van der Waals surface area contributed by atoms with Gasteiger partial charge >= 0.3 is 0 Å². The van der Waals surface area contributed by atoms with Crippen LogP contribution in [-0.2, 0) is 0 Å². The largest absolute Gasteiger partial charge is 0.207 e. The minimum absolute atomic E-state index is 0.151. The fourth-order valence-corrected chi connectivity index (χ4v) is 2.78. The van der Waals surface area contributed by atoms with E-state index in [0.29, 0.717) is 5.92 Å². The van der Waals surface area contributed by atoms with Gasteiger partial charge in [0, 0.05) is 0 Å². The van der Waals surface area contributed by atoms with Gasteiger partial charge in [0.05, 0.1) is 0 Å². The summed E-state index contributed by atoms with van der Waals surface area (Å²) in [6.07, 6.45) is 11.1. The maximum atomic E-state index is 13.5. The Balaban J connectivity index is 2.50. The van der Waals surface area contributed by atoms with Crippen LogP contribution < -0.4 is 0 Å². The molecule has 0 heterocycles. The summed E-state index contributed by atoms with van der Waals surface area (Å²) in [6, 6.07) is 7.01.